The standard InChI is InChI=1S/C14H15BrN2O2S/c1-9-8-16-14(20-9)17-13(18)6-4-10-3-5-12(19-2)11(15)7-10/h3,5,7-8H,4,6H2,1-2H3,(H,16,17,18). The summed E-state index contributed by atoms with van der Waals surface area (Å²) in [6.45, 7) is 1.96. The minimum Gasteiger partial charge on any atom is -0.496 e. The van der Waals surface area contributed by atoms with Gasteiger partial charge in [-0.3, -0.25) is 4.79 Å². The van der Waals surface area contributed by atoms with E-state index in [1.54, 1.807) is 13.3 Å². The van der Waals surface area contributed by atoms with Crippen molar-refractivity contribution in [2.24, 2.45) is 0 Å². The third kappa shape index (κ3) is 4.05. The van der Waals surface area contributed by atoms with E-state index in [1.807, 2.05) is 25.1 Å². The summed E-state index contributed by atoms with van der Waals surface area (Å²) >= 11 is 4.92. The molecule has 1 heterocycles. The number of carbonyl (C=O) groups excluding carboxylic acids is 1. The lowest BCUT2D eigenvalue weighted by Crippen LogP contribution is -2.12. The topological polar surface area (TPSA) is 51.2 Å². The average molecular weight is 355 g/mol. The Bertz CT molecular complexity index is 613. The number of rotatable bonds is 5. The van der Waals surface area contributed by atoms with E-state index >= 15 is 0 Å². The molecular formula is C14H15BrN2O2S. The number of carbonyl (C=O) groups is 1. The molecule has 0 atom stereocenters. The van der Waals surface area contributed by atoms with E-state index in [0.717, 1.165) is 20.7 Å². The number of halogens is 1. The molecule has 4 nitrogen and oxygen atoms in total. The summed E-state index contributed by atoms with van der Waals surface area (Å²) in [5.74, 6) is 0.766. The summed E-state index contributed by atoms with van der Waals surface area (Å²) in [7, 11) is 1.63. The number of amides is 1. The smallest absolute Gasteiger partial charge is 0.226 e. The maximum Gasteiger partial charge on any atom is 0.226 e. The van der Waals surface area contributed by atoms with Crippen LogP contribution in [0.3, 0.4) is 0 Å². The van der Waals surface area contributed by atoms with Gasteiger partial charge in [0.05, 0.1) is 11.6 Å². The molecule has 0 radical (unpaired) electrons. The Kier molecular flexibility index (Phi) is 5.14. The van der Waals surface area contributed by atoms with Crippen LogP contribution in [0.5, 0.6) is 5.75 Å². The van der Waals surface area contributed by atoms with Crippen molar-refractivity contribution in [2.45, 2.75) is 19.8 Å². The molecule has 0 saturated heterocycles. The SMILES string of the molecule is COc1ccc(CCC(=O)Nc2ncc(C)s2)cc1Br. The second-order valence-corrected chi connectivity index (χ2v) is 6.38. The van der Waals surface area contributed by atoms with E-state index in [9.17, 15) is 4.79 Å². The fourth-order valence-corrected chi connectivity index (χ4v) is 2.99. The number of anilines is 1. The van der Waals surface area contributed by atoms with Gasteiger partial charge in [-0.25, -0.2) is 4.98 Å². The molecule has 6 heteroatoms. The van der Waals surface area contributed by atoms with Crippen LogP contribution in [0.4, 0.5) is 5.13 Å². The van der Waals surface area contributed by atoms with Gasteiger partial charge in [-0.05, 0) is 47.0 Å². The first-order chi connectivity index (χ1) is 9.58. The molecule has 1 aromatic carbocycles. The molecule has 0 unspecified atom stereocenters. The molecule has 0 spiro atoms. The summed E-state index contributed by atoms with van der Waals surface area (Å²) in [6, 6.07) is 5.82. The van der Waals surface area contributed by atoms with E-state index in [-0.39, 0.29) is 5.91 Å². The number of nitrogens with one attached hydrogen (secondary N) is 1. The zero-order valence-corrected chi connectivity index (χ0v) is 13.7. The molecule has 0 bridgehead atoms. The van der Waals surface area contributed by atoms with Gasteiger partial charge in [0.15, 0.2) is 5.13 Å². The third-order valence-corrected chi connectivity index (χ3v) is 4.17. The molecular weight excluding hydrogens is 340 g/mol. The minimum absolute atomic E-state index is 0.0220. The van der Waals surface area contributed by atoms with Crippen LogP contribution in [0, 0.1) is 6.92 Å². The third-order valence-electron chi connectivity index (χ3n) is 2.72. The number of benzene rings is 1. The van der Waals surface area contributed by atoms with Gasteiger partial charge >= 0.3 is 0 Å². The van der Waals surface area contributed by atoms with Gasteiger partial charge in [0, 0.05) is 17.5 Å². The number of hydrogen-bond donors (Lipinski definition) is 1. The highest BCUT2D eigenvalue weighted by molar-refractivity contribution is 9.10. The van der Waals surface area contributed by atoms with E-state index in [1.165, 1.54) is 11.3 Å². The van der Waals surface area contributed by atoms with E-state index in [4.69, 9.17) is 4.74 Å². The van der Waals surface area contributed by atoms with E-state index in [0.29, 0.717) is 18.0 Å². The van der Waals surface area contributed by atoms with Gasteiger partial charge in [0.1, 0.15) is 5.75 Å². The number of thiazole rings is 1. The van der Waals surface area contributed by atoms with Gasteiger partial charge in [0.2, 0.25) is 5.91 Å². The molecule has 0 aliphatic rings. The van der Waals surface area contributed by atoms with Crippen molar-refractivity contribution in [3.63, 3.8) is 0 Å². The van der Waals surface area contributed by atoms with Crippen LogP contribution >= 0.6 is 27.3 Å². The molecule has 1 N–H and O–H groups in total. The van der Waals surface area contributed by atoms with Crippen molar-refractivity contribution >= 4 is 38.3 Å². The van der Waals surface area contributed by atoms with Crippen LogP contribution in [0.1, 0.15) is 16.9 Å². The largest absolute Gasteiger partial charge is 0.496 e. The van der Waals surface area contributed by atoms with Gasteiger partial charge in [-0.1, -0.05) is 6.07 Å². The van der Waals surface area contributed by atoms with Crippen molar-refractivity contribution < 1.29 is 9.53 Å². The van der Waals surface area contributed by atoms with Crippen LogP contribution < -0.4 is 10.1 Å². The zero-order chi connectivity index (χ0) is 14.5. The molecule has 106 valence electrons. The predicted octanol–water partition coefficient (Wildman–Crippen LogP) is 3.79. The van der Waals surface area contributed by atoms with Gasteiger partial charge in [-0.2, -0.15) is 0 Å². The highest BCUT2D eigenvalue weighted by Crippen LogP contribution is 2.26. The van der Waals surface area contributed by atoms with Crippen LogP contribution in [0.25, 0.3) is 0 Å². The lowest BCUT2D eigenvalue weighted by Gasteiger charge is -2.06. The molecule has 0 fully saturated rings. The second kappa shape index (κ2) is 6.85. The maximum absolute atomic E-state index is 11.8. The molecule has 0 aliphatic carbocycles. The Hall–Kier alpha value is -1.40. The summed E-state index contributed by atoms with van der Waals surface area (Å²) < 4.78 is 6.07. The lowest BCUT2D eigenvalue weighted by atomic mass is 10.1. The average Bonchev–Trinajstić information content (AvgIpc) is 2.82. The van der Waals surface area contributed by atoms with Crippen molar-refractivity contribution in [2.75, 3.05) is 12.4 Å². The van der Waals surface area contributed by atoms with Crippen LogP contribution in [0.2, 0.25) is 0 Å². The van der Waals surface area contributed by atoms with Crippen molar-refractivity contribution in [3.8, 4) is 5.75 Å². The second-order valence-electron chi connectivity index (χ2n) is 4.29. The van der Waals surface area contributed by atoms with Gasteiger partial charge in [-0.15, -0.1) is 11.3 Å². The van der Waals surface area contributed by atoms with Crippen LogP contribution in [-0.2, 0) is 11.2 Å². The Balaban J connectivity index is 1.88. The summed E-state index contributed by atoms with van der Waals surface area (Å²) in [6.07, 6.45) is 2.86. The van der Waals surface area contributed by atoms with Crippen LogP contribution in [0.15, 0.2) is 28.9 Å². The fraction of sp³-hybridized carbons (Fsp3) is 0.286. The first-order valence-electron chi connectivity index (χ1n) is 6.13. The Morgan fingerprint density at radius 2 is 2.30 bits per heavy atom. The highest BCUT2D eigenvalue weighted by atomic mass is 79.9. The minimum atomic E-state index is -0.0220. The number of methoxy groups -OCH3 is 1. The van der Waals surface area contributed by atoms with Crippen LogP contribution in [-0.4, -0.2) is 18.0 Å². The summed E-state index contributed by atoms with van der Waals surface area (Å²) in [5.41, 5.74) is 1.09. The number of aromatic nitrogens is 1. The molecule has 1 aromatic heterocycles. The first-order valence-corrected chi connectivity index (χ1v) is 7.74. The quantitative estimate of drug-likeness (QED) is 0.888. The van der Waals surface area contributed by atoms with Crippen molar-refractivity contribution in [1.29, 1.82) is 0 Å². The summed E-state index contributed by atoms with van der Waals surface area (Å²) in [4.78, 5) is 17.0. The lowest BCUT2D eigenvalue weighted by molar-refractivity contribution is -0.116. The van der Waals surface area contributed by atoms with Gasteiger partial charge in [0.25, 0.3) is 0 Å². The molecule has 0 saturated carbocycles. The number of ether oxygens (including phenoxy) is 1. The normalized spacial score (nSPS) is 10.3. The predicted molar refractivity (Wildman–Crippen MR) is 84.5 cm³/mol. The molecule has 2 aromatic rings. The Morgan fingerprint density at radius 1 is 1.50 bits per heavy atom. The van der Waals surface area contributed by atoms with Crippen molar-refractivity contribution in [1.82, 2.24) is 4.98 Å². The fourth-order valence-electron chi connectivity index (χ4n) is 1.72. The number of aryl methyl sites for hydroxylation is 2. The molecule has 0 aliphatic heterocycles. The number of hydrogen-bond acceptors (Lipinski definition) is 4. The molecule has 20 heavy (non-hydrogen) atoms. The van der Waals surface area contributed by atoms with Crippen molar-refractivity contribution in [3.05, 3.63) is 39.3 Å². The molecule has 1 amide bonds. The molecule has 2 rings (SSSR count). The maximum atomic E-state index is 11.8. The van der Waals surface area contributed by atoms with E-state index in [2.05, 4.69) is 26.2 Å². The zero-order valence-electron chi connectivity index (χ0n) is 11.3. The van der Waals surface area contributed by atoms with E-state index < -0.39 is 0 Å². The number of nitrogens with zero attached hydrogens (tertiary/aromatic N) is 1. The Morgan fingerprint density at radius 3 is 2.90 bits per heavy atom. The Labute approximate surface area is 130 Å². The monoisotopic (exact) mass is 354 g/mol. The van der Waals surface area contributed by atoms with Gasteiger partial charge < -0.3 is 10.1 Å². The highest BCUT2D eigenvalue weighted by Gasteiger charge is 2.07. The first kappa shape index (κ1) is 15.0. The summed E-state index contributed by atoms with van der Waals surface area (Å²) in [5, 5.41) is 3.46.